The van der Waals surface area contributed by atoms with Crippen LogP contribution in [-0.4, -0.2) is 38.2 Å². The van der Waals surface area contributed by atoms with E-state index in [1.807, 2.05) is 31.4 Å². The van der Waals surface area contributed by atoms with Gasteiger partial charge in [0.25, 0.3) is 0 Å². The number of pyridine rings is 2. The number of Topliss-reactive ketones (excluding diaryl/α,β-unsaturated/α-hetero) is 1. The van der Waals surface area contributed by atoms with Gasteiger partial charge < -0.3 is 9.64 Å². The second kappa shape index (κ2) is 9.78. The van der Waals surface area contributed by atoms with E-state index in [0.717, 1.165) is 11.4 Å². The van der Waals surface area contributed by atoms with Crippen LogP contribution in [0, 0.1) is 5.82 Å². The van der Waals surface area contributed by atoms with Gasteiger partial charge in [-0.25, -0.2) is 4.39 Å². The van der Waals surface area contributed by atoms with E-state index in [9.17, 15) is 4.79 Å². The molecule has 188 valence electrons. The van der Waals surface area contributed by atoms with Crippen LogP contribution >= 0.6 is 0 Å². The Bertz CT molecular complexity index is 1410. The number of hydrogen-bond acceptors (Lipinski definition) is 6. The first kappa shape index (κ1) is 25.4. The van der Waals surface area contributed by atoms with Crippen molar-refractivity contribution in [2.45, 2.75) is 52.8 Å². The molecule has 1 atom stereocenters. The molecule has 3 aromatic heterocycles. The molecule has 4 aromatic rings. The molecule has 0 aliphatic carbocycles. The van der Waals surface area contributed by atoms with Crippen molar-refractivity contribution in [3.8, 4) is 11.1 Å². The normalized spacial score (nSPS) is 12.7. The molecule has 7 nitrogen and oxygen atoms in total. The molecule has 0 unspecified atom stereocenters. The van der Waals surface area contributed by atoms with Crippen LogP contribution in [-0.2, 0) is 18.4 Å². The number of nitrogens with zero attached hydrogens (tertiary/aromatic N) is 5. The number of aromatic nitrogens is 4. The summed E-state index contributed by atoms with van der Waals surface area (Å²) in [6.07, 6.45) is 5.08. The lowest BCUT2D eigenvalue weighted by Gasteiger charge is -2.43. The van der Waals surface area contributed by atoms with Gasteiger partial charge in [0.05, 0.1) is 40.8 Å². The van der Waals surface area contributed by atoms with Gasteiger partial charge in [0.1, 0.15) is 5.82 Å². The summed E-state index contributed by atoms with van der Waals surface area (Å²) >= 11 is 0. The molecule has 0 saturated carbocycles. The predicted octanol–water partition coefficient (Wildman–Crippen LogP) is 5.88. The average Bonchev–Trinajstić information content (AvgIpc) is 3.25. The number of carbonyl (C=O) groups is 1. The fourth-order valence-corrected chi connectivity index (χ4v) is 4.65. The third kappa shape index (κ3) is 4.86. The zero-order valence-electron chi connectivity index (χ0n) is 21.8. The monoisotopic (exact) mass is 489 g/mol. The molecule has 0 spiro atoms. The van der Waals surface area contributed by atoms with E-state index in [2.05, 4.69) is 47.7 Å². The van der Waals surface area contributed by atoms with Crippen LogP contribution in [0.3, 0.4) is 0 Å². The van der Waals surface area contributed by atoms with Crippen molar-refractivity contribution in [1.29, 1.82) is 0 Å². The Labute approximate surface area is 210 Å². The standard InChI is InChI=1S/C28H32FN5O2/c1-17(25-10-11-33(6)32-25)34(28(3,4)5)27-22-12-21(19-8-9-20(16-36-7)30-14-19)24(29)13-26(22)31-15-23(27)18(2)35/h8-15,17H,16H2,1-7H3/t17-/m0/s1. The van der Waals surface area contributed by atoms with Gasteiger partial charge in [0, 0.05) is 60.9 Å². The lowest BCUT2D eigenvalue weighted by atomic mass is 9.94. The SMILES string of the molecule is COCc1ccc(-c2cc3c(N([C@@H](C)c4ccn(C)n4)C(C)(C)C)c(C(C)=O)cnc3cc2F)cn1. The molecule has 0 bridgehead atoms. The number of benzene rings is 1. The fourth-order valence-electron chi connectivity index (χ4n) is 4.65. The highest BCUT2D eigenvalue weighted by Crippen LogP contribution is 2.41. The van der Waals surface area contributed by atoms with E-state index < -0.39 is 11.4 Å². The zero-order chi connectivity index (χ0) is 26.2. The minimum Gasteiger partial charge on any atom is -0.378 e. The van der Waals surface area contributed by atoms with Crippen LogP contribution in [0.2, 0.25) is 0 Å². The minimum atomic E-state index is -0.405. The number of ketones is 1. The number of halogens is 1. The van der Waals surface area contributed by atoms with E-state index in [1.165, 1.54) is 13.0 Å². The maximum Gasteiger partial charge on any atom is 0.163 e. The molecule has 0 N–H and O–H groups in total. The highest BCUT2D eigenvalue weighted by atomic mass is 19.1. The van der Waals surface area contributed by atoms with Crippen molar-refractivity contribution < 1.29 is 13.9 Å². The number of ether oxygens (including phenoxy) is 1. The van der Waals surface area contributed by atoms with Gasteiger partial charge in [-0.05, 0) is 52.8 Å². The molecule has 1 aromatic carbocycles. The van der Waals surface area contributed by atoms with Crippen LogP contribution in [0.4, 0.5) is 10.1 Å². The number of anilines is 1. The lowest BCUT2D eigenvalue weighted by molar-refractivity contribution is 0.101. The number of carbonyl (C=O) groups excluding carboxylic acids is 1. The second-order valence-corrected chi connectivity index (χ2v) is 10.0. The summed E-state index contributed by atoms with van der Waals surface area (Å²) in [4.78, 5) is 23.9. The first-order chi connectivity index (χ1) is 17.0. The summed E-state index contributed by atoms with van der Waals surface area (Å²) in [7, 11) is 3.48. The molecule has 0 aliphatic heterocycles. The molecule has 4 rings (SSSR count). The van der Waals surface area contributed by atoms with E-state index in [-0.39, 0.29) is 11.8 Å². The molecule has 8 heteroatoms. The van der Waals surface area contributed by atoms with E-state index in [1.54, 1.807) is 30.3 Å². The molecule has 0 saturated heterocycles. The first-order valence-electron chi connectivity index (χ1n) is 11.9. The van der Waals surface area contributed by atoms with Crippen molar-refractivity contribution in [2.24, 2.45) is 7.05 Å². The quantitative estimate of drug-likeness (QED) is 0.302. The Morgan fingerprint density at radius 2 is 1.92 bits per heavy atom. The summed E-state index contributed by atoms with van der Waals surface area (Å²) in [5.74, 6) is -0.517. The van der Waals surface area contributed by atoms with Gasteiger partial charge in [0.15, 0.2) is 5.78 Å². The highest BCUT2D eigenvalue weighted by molar-refractivity contribution is 6.08. The van der Waals surface area contributed by atoms with Crippen LogP contribution in [0.25, 0.3) is 22.0 Å². The van der Waals surface area contributed by atoms with Gasteiger partial charge >= 0.3 is 0 Å². The summed E-state index contributed by atoms with van der Waals surface area (Å²) in [6.45, 7) is 10.2. The molecule has 0 radical (unpaired) electrons. The number of methoxy groups -OCH3 is 1. The molecular formula is C28H32FN5O2. The minimum absolute atomic E-state index is 0.113. The van der Waals surface area contributed by atoms with E-state index in [0.29, 0.717) is 39.9 Å². The Balaban J connectivity index is 1.99. The predicted molar refractivity (Wildman–Crippen MR) is 140 cm³/mol. The number of hydrogen-bond donors (Lipinski definition) is 0. The van der Waals surface area contributed by atoms with Crippen LogP contribution in [0.15, 0.2) is 48.9 Å². The number of aryl methyl sites for hydroxylation is 1. The van der Waals surface area contributed by atoms with Crippen LogP contribution in [0.1, 0.15) is 62.4 Å². The fraction of sp³-hybridized carbons (Fsp3) is 0.357. The van der Waals surface area contributed by atoms with Crippen molar-refractivity contribution in [1.82, 2.24) is 19.7 Å². The molecule has 0 fully saturated rings. The Morgan fingerprint density at radius 3 is 2.47 bits per heavy atom. The van der Waals surface area contributed by atoms with Crippen LogP contribution in [0.5, 0.6) is 0 Å². The van der Waals surface area contributed by atoms with Gasteiger partial charge in [0.2, 0.25) is 0 Å². The third-order valence-corrected chi connectivity index (χ3v) is 6.25. The van der Waals surface area contributed by atoms with Crippen molar-refractivity contribution in [2.75, 3.05) is 12.0 Å². The van der Waals surface area contributed by atoms with Crippen molar-refractivity contribution in [3.63, 3.8) is 0 Å². The third-order valence-electron chi connectivity index (χ3n) is 6.25. The highest BCUT2D eigenvalue weighted by Gasteiger charge is 2.33. The van der Waals surface area contributed by atoms with Gasteiger partial charge in [-0.3, -0.25) is 19.4 Å². The molecule has 36 heavy (non-hydrogen) atoms. The van der Waals surface area contributed by atoms with Crippen molar-refractivity contribution in [3.05, 3.63) is 71.7 Å². The summed E-state index contributed by atoms with van der Waals surface area (Å²) in [5, 5.41) is 5.32. The molecular weight excluding hydrogens is 457 g/mol. The Kier molecular flexibility index (Phi) is 6.91. The Hall–Kier alpha value is -3.65. The summed E-state index contributed by atoms with van der Waals surface area (Å²) < 4.78 is 22.2. The largest absolute Gasteiger partial charge is 0.378 e. The van der Waals surface area contributed by atoms with Gasteiger partial charge in [-0.15, -0.1) is 0 Å². The van der Waals surface area contributed by atoms with Crippen LogP contribution < -0.4 is 4.90 Å². The second-order valence-electron chi connectivity index (χ2n) is 10.0. The van der Waals surface area contributed by atoms with E-state index >= 15 is 4.39 Å². The average molecular weight is 490 g/mol. The molecule has 0 aliphatic rings. The molecule has 0 amide bonds. The first-order valence-corrected chi connectivity index (χ1v) is 11.9. The topological polar surface area (TPSA) is 73.1 Å². The maximum atomic E-state index is 15.3. The summed E-state index contributed by atoms with van der Waals surface area (Å²) in [6, 6.07) is 8.64. The lowest BCUT2D eigenvalue weighted by Crippen LogP contribution is -2.44. The Morgan fingerprint density at radius 1 is 1.17 bits per heavy atom. The number of rotatable bonds is 7. The van der Waals surface area contributed by atoms with Crippen molar-refractivity contribution >= 4 is 22.4 Å². The zero-order valence-corrected chi connectivity index (χ0v) is 21.8. The van der Waals surface area contributed by atoms with Gasteiger partial charge in [-0.1, -0.05) is 6.07 Å². The molecule has 3 heterocycles. The smallest absolute Gasteiger partial charge is 0.163 e. The number of fused-ring (bicyclic) bond motifs is 1. The summed E-state index contributed by atoms with van der Waals surface area (Å²) in [5.41, 5.74) is 3.92. The maximum absolute atomic E-state index is 15.3. The van der Waals surface area contributed by atoms with E-state index in [4.69, 9.17) is 4.74 Å². The van der Waals surface area contributed by atoms with Gasteiger partial charge in [-0.2, -0.15) is 5.10 Å².